The molecule has 2 unspecified atom stereocenters. The van der Waals surface area contributed by atoms with Gasteiger partial charge in [-0.1, -0.05) is 0 Å². The molecule has 6 nitrogen and oxygen atoms in total. The lowest BCUT2D eigenvalue weighted by molar-refractivity contribution is 0.0327. The number of hydrogen-bond acceptors (Lipinski definition) is 5. The Hall–Kier alpha value is -0.850. The van der Waals surface area contributed by atoms with E-state index in [1.165, 1.54) is 30.6 Å². The molecule has 0 aromatic carbocycles. The standard InChI is InChI=1S/C17H32N4O2/c1-18(2)17(22)23-11-10-20-6-8-21(9-7-20)16-12-14-4-5-15(13-16)19(14)3/h14-16H,4-13H2,1-3H3. The third-order valence-corrected chi connectivity index (χ3v) is 5.99. The van der Waals surface area contributed by atoms with Crippen LogP contribution in [0.2, 0.25) is 0 Å². The summed E-state index contributed by atoms with van der Waals surface area (Å²) in [7, 11) is 5.75. The average molecular weight is 324 g/mol. The van der Waals surface area contributed by atoms with Crippen molar-refractivity contribution in [2.75, 3.05) is 60.5 Å². The van der Waals surface area contributed by atoms with Gasteiger partial charge < -0.3 is 14.5 Å². The average Bonchev–Trinajstić information content (AvgIpc) is 2.76. The van der Waals surface area contributed by atoms with Crippen LogP contribution in [-0.4, -0.2) is 104 Å². The maximum Gasteiger partial charge on any atom is 0.409 e. The molecule has 0 radical (unpaired) electrons. The van der Waals surface area contributed by atoms with Crippen LogP contribution >= 0.6 is 0 Å². The minimum absolute atomic E-state index is 0.245. The number of carbonyl (C=O) groups excluding carboxylic acids is 1. The maximum atomic E-state index is 11.4. The zero-order chi connectivity index (χ0) is 16.4. The van der Waals surface area contributed by atoms with Gasteiger partial charge in [0.05, 0.1) is 0 Å². The van der Waals surface area contributed by atoms with Crippen molar-refractivity contribution in [3.05, 3.63) is 0 Å². The lowest BCUT2D eigenvalue weighted by Crippen LogP contribution is -2.55. The van der Waals surface area contributed by atoms with Crippen molar-refractivity contribution >= 4 is 6.09 Å². The van der Waals surface area contributed by atoms with Gasteiger partial charge in [0.2, 0.25) is 0 Å². The van der Waals surface area contributed by atoms with Crippen molar-refractivity contribution in [3.8, 4) is 0 Å². The summed E-state index contributed by atoms with van der Waals surface area (Å²) in [5.74, 6) is 0. The Morgan fingerprint density at radius 3 is 2.22 bits per heavy atom. The molecular weight excluding hydrogens is 292 g/mol. The Labute approximate surface area is 140 Å². The van der Waals surface area contributed by atoms with Gasteiger partial charge in [-0.2, -0.15) is 0 Å². The van der Waals surface area contributed by atoms with Crippen LogP contribution in [0.4, 0.5) is 4.79 Å². The molecule has 0 saturated carbocycles. The Morgan fingerprint density at radius 1 is 1.04 bits per heavy atom. The van der Waals surface area contributed by atoms with Crippen molar-refractivity contribution in [1.29, 1.82) is 0 Å². The SMILES string of the molecule is CN(C)C(=O)OCCN1CCN(C2CC3CCC(C2)N3C)CC1. The van der Waals surface area contributed by atoms with E-state index in [4.69, 9.17) is 4.74 Å². The minimum atomic E-state index is -0.245. The molecule has 3 saturated heterocycles. The fourth-order valence-electron chi connectivity index (χ4n) is 4.42. The molecule has 132 valence electrons. The second-order valence-electron chi connectivity index (χ2n) is 7.56. The maximum absolute atomic E-state index is 11.4. The first-order chi connectivity index (χ1) is 11.0. The van der Waals surface area contributed by atoms with E-state index in [1.54, 1.807) is 14.1 Å². The van der Waals surface area contributed by atoms with Crippen molar-refractivity contribution in [3.63, 3.8) is 0 Å². The van der Waals surface area contributed by atoms with Crippen molar-refractivity contribution in [2.24, 2.45) is 0 Å². The molecule has 6 heteroatoms. The highest BCUT2D eigenvalue weighted by atomic mass is 16.6. The number of piperidine rings is 1. The van der Waals surface area contributed by atoms with Gasteiger partial charge >= 0.3 is 6.09 Å². The largest absolute Gasteiger partial charge is 0.448 e. The van der Waals surface area contributed by atoms with Crippen LogP contribution in [0.3, 0.4) is 0 Å². The van der Waals surface area contributed by atoms with Gasteiger partial charge in [0.1, 0.15) is 6.61 Å². The molecule has 2 bridgehead atoms. The summed E-state index contributed by atoms with van der Waals surface area (Å²) >= 11 is 0. The molecule has 3 aliphatic rings. The van der Waals surface area contributed by atoms with Crippen LogP contribution in [0.25, 0.3) is 0 Å². The fourth-order valence-corrected chi connectivity index (χ4v) is 4.42. The van der Waals surface area contributed by atoms with Gasteiger partial charge in [0.15, 0.2) is 0 Å². The van der Waals surface area contributed by atoms with E-state index in [1.807, 2.05) is 0 Å². The summed E-state index contributed by atoms with van der Waals surface area (Å²) in [6.07, 6.45) is 5.26. The summed E-state index contributed by atoms with van der Waals surface area (Å²) in [5, 5.41) is 0. The third kappa shape index (κ3) is 3.98. The quantitative estimate of drug-likeness (QED) is 0.769. The van der Waals surface area contributed by atoms with Gasteiger partial charge in [-0.3, -0.25) is 9.80 Å². The molecule has 0 aliphatic carbocycles. The highest BCUT2D eigenvalue weighted by Gasteiger charge is 2.40. The first-order valence-corrected chi connectivity index (χ1v) is 9.07. The van der Waals surface area contributed by atoms with Gasteiger partial charge in [0, 0.05) is 64.9 Å². The van der Waals surface area contributed by atoms with Crippen molar-refractivity contribution in [1.82, 2.24) is 19.6 Å². The van der Waals surface area contributed by atoms with E-state index in [0.717, 1.165) is 50.8 Å². The van der Waals surface area contributed by atoms with Crippen LogP contribution in [0.15, 0.2) is 0 Å². The number of piperazine rings is 1. The van der Waals surface area contributed by atoms with Gasteiger partial charge in [-0.05, 0) is 32.7 Å². The Bertz CT molecular complexity index is 395. The highest BCUT2D eigenvalue weighted by Crippen LogP contribution is 2.36. The molecule has 0 N–H and O–H groups in total. The first-order valence-electron chi connectivity index (χ1n) is 9.07. The Balaban J connectivity index is 1.37. The molecule has 0 aromatic rings. The number of ether oxygens (including phenoxy) is 1. The number of rotatable bonds is 4. The second kappa shape index (κ2) is 7.36. The van der Waals surface area contributed by atoms with Gasteiger partial charge in [-0.25, -0.2) is 4.79 Å². The Morgan fingerprint density at radius 2 is 1.65 bits per heavy atom. The zero-order valence-corrected chi connectivity index (χ0v) is 14.9. The lowest BCUT2D eigenvalue weighted by atomic mass is 9.96. The van der Waals surface area contributed by atoms with Crippen molar-refractivity contribution in [2.45, 2.75) is 43.8 Å². The molecule has 3 heterocycles. The number of amides is 1. The predicted octanol–water partition coefficient (Wildman–Crippen LogP) is 0.927. The third-order valence-electron chi connectivity index (χ3n) is 5.99. The normalized spacial score (nSPS) is 32.9. The van der Waals surface area contributed by atoms with E-state index in [2.05, 4.69) is 21.7 Å². The van der Waals surface area contributed by atoms with Crippen LogP contribution in [0.1, 0.15) is 25.7 Å². The molecule has 23 heavy (non-hydrogen) atoms. The fraction of sp³-hybridized carbons (Fsp3) is 0.941. The van der Waals surface area contributed by atoms with Gasteiger partial charge in [-0.15, -0.1) is 0 Å². The summed E-state index contributed by atoms with van der Waals surface area (Å²) in [6, 6.07) is 2.43. The summed E-state index contributed by atoms with van der Waals surface area (Å²) in [5.41, 5.74) is 0. The summed E-state index contributed by atoms with van der Waals surface area (Å²) in [4.78, 5) is 20.6. The van der Waals surface area contributed by atoms with Crippen LogP contribution in [0.5, 0.6) is 0 Å². The van der Waals surface area contributed by atoms with E-state index in [0.29, 0.717) is 6.61 Å². The topological polar surface area (TPSA) is 39.3 Å². The molecular formula is C17H32N4O2. The molecule has 3 rings (SSSR count). The number of hydrogen-bond donors (Lipinski definition) is 0. The predicted molar refractivity (Wildman–Crippen MR) is 90.6 cm³/mol. The Kier molecular flexibility index (Phi) is 5.44. The molecule has 0 spiro atoms. The van der Waals surface area contributed by atoms with Crippen LogP contribution in [-0.2, 0) is 4.74 Å². The highest BCUT2D eigenvalue weighted by molar-refractivity contribution is 5.66. The minimum Gasteiger partial charge on any atom is -0.448 e. The molecule has 1 amide bonds. The van der Waals surface area contributed by atoms with E-state index in [-0.39, 0.29) is 6.09 Å². The lowest BCUT2D eigenvalue weighted by Gasteiger charge is -2.45. The van der Waals surface area contributed by atoms with Crippen molar-refractivity contribution < 1.29 is 9.53 Å². The van der Waals surface area contributed by atoms with E-state index < -0.39 is 0 Å². The van der Waals surface area contributed by atoms with E-state index >= 15 is 0 Å². The monoisotopic (exact) mass is 324 g/mol. The molecule has 2 atom stereocenters. The zero-order valence-electron chi connectivity index (χ0n) is 14.9. The second-order valence-corrected chi connectivity index (χ2v) is 7.56. The number of nitrogens with zero attached hydrogens (tertiary/aromatic N) is 4. The van der Waals surface area contributed by atoms with Crippen LogP contribution < -0.4 is 0 Å². The summed E-state index contributed by atoms with van der Waals surface area (Å²) in [6.45, 7) is 5.87. The van der Waals surface area contributed by atoms with Gasteiger partial charge in [0.25, 0.3) is 0 Å². The molecule has 3 fully saturated rings. The molecule has 0 aromatic heterocycles. The first kappa shape index (κ1) is 17.0. The smallest absolute Gasteiger partial charge is 0.409 e. The number of carbonyl (C=O) groups is 1. The van der Waals surface area contributed by atoms with Crippen LogP contribution in [0, 0.1) is 0 Å². The molecule has 3 aliphatic heterocycles. The summed E-state index contributed by atoms with van der Waals surface area (Å²) < 4.78 is 5.22. The number of fused-ring (bicyclic) bond motifs is 2. The van der Waals surface area contributed by atoms with E-state index in [9.17, 15) is 4.79 Å².